The Morgan fingerprint density at radius 2 is 0.854 bits per heavy atom. The fourth-order valence-electron chi connectivity index (χ4n) is 9.20. The summed E-state index contributed by atoms with van der Waals surface area (Å²) >= 11 is 0. The zero-order valence-corrected chi connectivity index (χ0v) is 27.8. The third-order valence-corrected chi connectivity index (χ3v) is 12.1. The van der Waals surface area contributed by atoms with Gasteiger partial charge in [0.25, 0.3) is 0 Å². The highest BCUT2D eigenvalue weighted by atomic mass is 16.5. The van der Waals surface area contributed by atoms with Gasteiger partial charge in [-0.1, -0.05) is 153 Å². The van der Waals surface area contributed by atoms with E-state index in [0.717, 1.165) is 48.7 Å². The summed E-state index contributed by atoms with van der Waals surface area (Å²) in [6.45, 7) is 6.58. The van der Waals surface area contributed by atoms with E-state index in [1.54, 1.807) is 11.1 Å². The van der Waals surface area contributed by atoms with Crippen molar-refractivity contribution in [1.82, 2.24) is 0 Å². The Morgan fingerprint density at radius 3 is 1.20 bits per heavy atom. The first kappa shape index (κ1) is 33.3. The highest BCUT2D eigenvalue weighted by Crippen LogP contribution is 2.37. The summed E-state index contributed by atoms with van der Waals surface area (Å²) in [5, 5.41) is 0. The van der Waals surface area contributed by atoms with Gasteiger partial charge in [0.2, 0.25) is 0 Å². The molecule has 1 nitrogen and oxygen atoms in total. The van der Waals surface area contributed by atoms with Crippen LogP contribution in [0.15, 0.2) is 23.3 Å². The van der Waals surface area contributed by atoms with Gasteiger partial charge in [0.05, 0.1) is 13.2 Å². The summed E-state index contributed by atoms with van der Waals surface area (Å²) < 4.78 is 6.12. The Bertz CT molecular complexity index is 670. The molecule has 0 N–H and O–H groups in total. The van der Waals surface area contributed by atoms with E-state index >= 15 is 0 Å². The first-order valence-corrected chi connectivity index (χ1v) is 19.1. The predicted octanol–water partition coefficient (Wildman–Crippen LogP) is 12.8. The zero-order valence-electron chi connectivity index (χ0n) is 27.8. The Kier molecular flexibility index (Phi) is 16.0. The number of hydrogen-bond donors (Lipinski definition) is 0. The van der Waals surface area contributed by atoms with E-state index in [1.165, 1.54) is 167 Å². The average molecular weight is 567 g/mol. The first-order valence-electron chi connectivity index (χ1n) is 19.1. The van der Waals surface area contributed by atoms with Gasteiger partial charge in [-0.2, -0.15) is 0 Å². The van der Waals surface area contributed by atoms with Gasteiger partial charge >= 0.3 is 0 Å². The predicted molar refractivity (Wildman–Crippen MR) is 179 cm³/mol. The van der Waals surface area contributed by atoms with Crippen LogP contribution in [0.4, 0.5) is 0 Å². The van der Waals surface area contributed by atoms with Crippen LogP contribution < -0.4 is 0 Å². The van der Waals surface area contributed by atoms with Crippen LogP contribution in [0.1, 0.15) is 181 Å². The normalized spacial score (nSPS) is 31.1. The fraction of sp³-hybridized carbons (Fsp3) is 0.900. The van der Waals surface area contributed by atoms with Crippen molar-refractivity contribution in [3.8, 4) is 0 Å². The van der Waals surface area contributed by atoms with Crippen LogP contribution in [0, 0.1) is 35.5 Å². The van der Waals surface area contributed by atoms with E-state index in [4.69, 9.17) is 4.74 Å². The lowest BCUT2D eigenvalue weighted by molar-refractivity contribution is 0.138. The highest BCUT2D eigenvalue weighted by Gasteiger charge is 2.23. The van der Waals surface area contributed by atoms with E-state index in [2.05, 4.69) is 26.0 Å². The minimum absolute atomic E-state index is 0.938. The van der Waals surface area contributed by atoms with Crippen LogP contribution in [0.5, 0.6) is 0 Å². The molecule has 0 radical (unpaired) electrons. The van der Waals surface area contributed by atoms with Gasteiger partial charge in [-0.05, 0) is 86.9 Å². The molecule has 236 valence electrons. The van der Waals surface area contributed by atoms with Crippen LogP contribution in [-0.4, -0.2) is 13.2 Å². The van der Waals surface area contributed by atoms with Crippen molar-refractivity contribution < 1.29 is 4.74 Å². The Balaban J connectivity index is 0.958. The molecule has 0 heterocycles. The monoisotopic (exact) mass is 567 g/mol. The second-order valence-corrected chi connectivity index (χ2v) is 15.3. The van der Waals surface area contributed by atoms with E-state index < -0.39 is 0 Å². The molecule has 0 bridgehead atoms. The largest absolute Gasteiger partial charge is 0.381 e. The third-order valence-electron chi connectivity index (χ3n) is 12.1. The molecule has 2 fully saturated rings. The average Bonchev–Trinajstić information content (AvgIpc) is 3.00. The molecule has 0 aromatic heterocycles. The van der Waals surface area contributed by atoms with Crippen molar-refractivity contribution in [3.63, 3.8) is 0 Å². The Hall–Kier alpha value is -0.560. The van der Waals surface area contributed by atoms with Crippen molar-refractivity contribution in [2.45, 2.75) is 181 Å². The molecule has 0 amide bonds. The molecule has 4 rings (SSSR count). The molecule has 0 aliphatic heterocycles. The van der Waals surface area contributed by atoms with Crippen LogP contribution in [0.2, 0.25) is 0 Å². The summed E-state index contributed by atoms with van der Waals surface area (Å²) in [5.74, 6) is 6.14. The SMILES string of the molecule is CCCC1CCC(CCCC2CC=C(CCOCCC3=CCC(CCCC4CCC(CCC)CC4)CC3)CC2)CC1. The summed E-state index contributed by atoms with van der Waals surface area (Å²) in [4.78, 5) is 0. The van der Waals surface area contributed by atoms with E-state index in [1.807, 2.05) is 0 Å². The second kappa shape index (κ2) is 19.7. The lowest BCUT2D eigenvalue weighted by Gasteiger charge is -2.29. The van der Waals surface area contributed by atoms with Gasteiger partial charge in [0, 0.05) is 0 Å². The maximum Gasteiger partial charge on any atom is 0.0503 e. The van der Waals surface area contributed by atoms with Crippen molar-refractivity contribution in [1.29, 1.82) is 0 Å². The number of ether oxygens (including phenoxy) is 1. The lowest BCUT2D eigenvalue weighted by Crippen LogP contribution is -2.15. The minimum atomic E-state index is 0.938. The molecule has 2 saturated carbocycles. The number of allylic oxidation sites excluding steroid dienone is 2. The smallest absolute Gasteiger partial charge is 0.0503 e. The molecule has 41 heavy (non-hydrogen) atoms. The van der Waals surface area contributed by atoms with Gasteiger partial charge in [-0.3, -0.25) is 0 Å². The standard InChI is InChI=1S/C40H70O/c1-3-7-33-13-17-35(18-14-33)9-5-11-37-21-25-39(26-22-37)29-31-41-32-30-40-27-23-38(24-28-40)12-6-10-36-19-15-34(8-4-2)16-20-36/h25,27,33-38H,3-24,26,28-32H2,1-2H3. The fourth-order valence-corrected chi connectivity index (χ4v) is 9.20. The summed E-state index contributed by atoms with van der Waals surface area (Å²) in [6.07, 6.45) is 42.6. The molecule has 0 aromatic rings. The highest BCUT2D eigenvalue weighted by molar-refractivity contribution is 5.07. The van der Waals surface area contributed by atoms with Gasteiger partial charge in [0.15, 0.2) is 0 Å². The van der Waals surface area contributed by atoms with Crippen molar-refractivity contribution in [2.24, 2.45) is 35.5 Å². The maximum atomic E-state index is 6.12. The van der Waals surface area contributed by atoms with Gasteiger partial charge in [-0.25, -0.2) is 0 Å². The van der Waals surface area contributed by atoms with Crippen LogP contribution in [0.3, 0.4) is 0 Å². The van der Waals surface area contributed by atoms with Crippen molar-refractivity contribution in [2.75, 3.05) is 13.2 Å². The second-order valence-electron chi connectivity index (χ2n) is 15.3. The molecule has 2 atom stereocenters. The minimum Gasteiger partial charge on any atom is -0.381 e. The van der Waals surface area contributed by atoms with E-state index in [9.17, 15) is 0 Å². The molecular formula is C40H70O. The third kappa shape index (κ3) is 12.9. The maximum absolute atomic E-state index is 6.12. The number of hydrogen-bond acceptors (Lipinski definition) is 1. The summed E-state index contributed by atoms with van der Waals surface area (Å²) in [7, 11) is 0. The van der Waals surface area contributed by atoms with Crippen molar-refractivity contribution in [3.05, 3.63) is 23.3 Å². The first-order chi connectivity index (χ1) is 20.2. The van der Waals surface area contributed by atoms with E-state index in [0.29, 0.717) is 0 Å². The van der Waals surface area contributed by atoms with Crippen LogP contribution in [0.25, 0.3) is 0 Å². The number of rotatable bonds is 18. The van der Waals surface area contributed by atoms with Gasteiger partial charge < -0.3 is 4.74 Å². The molecular weight excluding hydrogens is 496 g/mol. The van der Waals surface area contributed by atoms with Crippen molar-refractivity contribution >= 4 is 0 Å². The topological polar surface area (TPSA) is 9.23 Å². The lowest BCUT2D eigenvalue weighted by atomic mass is 9.77. The molecule has 1 heteroatoms. The quantitative estimate of drug-likeness (QED) is 0.118. The molecule has 0 saturated heterocycles. The zero-order chi connectivity index (χ0) is 28.5. The molecule has 4 aliphatic rings. The summed E-state index contributed by atoms with van der Waals surface area (Å²) in [6, 6.07) is 0. The summed E-state index contributed by atoms with van der Waals surface area (Å²) in [5.41, 5.74) is 3.37. The van der Waals surface area contributed by atoms with Gasteiger partial charge in [-0.15, -0.1) is 0 Å². The molecule has 4 aliphatic carbocycles. The van der Waals surface area contributed by atoms with Crippen LogP contribution >= 0.6 is 0 Å². The van der Waals surface area contributed by atoms with Crippen LogP contribution in [-0.2, 0) is 4.74 Å². The van der Waals surface area contributed by atoms with Gasteiger partial charge in [0.1, 0.15) is 0 Å². The Labute approximate surface area is 257 Å². The molecule has 0 spiro atoms. The van der Waals surface area contributed by atoms with E-state index in [-0.39, 0.29) is 0 Å². The molecule has 0 aromatic carbocycles. The molecule has 2 unspecified atom stereocenters. The Morgan fingerprint density at radius 1 is 0.488 bits per heavy atom.